The van der Waals surface area contributed by atoms with Crippen molar-refractivity contribution < 1.29 is 4.79 Å². The maximum atomic E-state index is 11.9. The van der Waals surface area contributed by atoms with Gasteiger partial charge >= 0.3 is 0 Å². The normalized spacial score (nSPS) is 28.0. The number of carbonyl (C=O) groups excluding carboxylic acids is 1. The monoisotopic (exact) mass is 248 g/mol. The summed E-state index contributed by atoms with van der Waals surface area (Å²) in [4.78, 5) is 11.9. The summed E-state index contributed by atoms with van der Waals surface area (Å²) in [6, 6.07) is 0.513. The third kappa shape index (κ3) is 4.30. The Balaban J connectivity index is 0.00000225. The van der Waals surface area contributed by atoms with Crippen LogP contribution in [0.5, 0.6) is 0 Å². The fourth-order valence-electron chi connectivity index (χ4n) is 2.09. The number of rotatable bonds is 4. The largest absolute Gasteiger partial charge is 0.353 e. The second-order valence-electron chi connectivity index (χ2n) is 4.95. The van der Waals surface area contributed by atoms with E-state index < -0.39 is 0 Å². The van der Waals surface area contributed by atoms with Crippen molar-refractivity contribution in [2.45, 2.75) is 58.5 Å². The molecule has 0 aromatic rings. The number of hydrogen-bond acceptors (Lipinski definition) is 2. The van der Waals surface area contributed by atoms with E-state index >= 15 is 0 Å². The van der Waals surface area contributed by atoms with Crippen LogP contribution in [0.25, 0.3) is 0 Å². The van der Waals surface area contributed by atoms with E-state index in [1.54, 1.807) is 0 Å². The lowest BCUT2D eigenvalue weighted by Gasteiger charge is -2.21. The first-order chi connectivity index (χ1) is 7.04. The van der Waals surface area contributed by atoms with E-state index in [0.29, 0.717) is 5.92 Å². The van der Waals surface area contributed by atoms with Crippen molar-refractivity contribution >= 4 is 18.3 Å². The fraction of sp³-hybridized carbons (Fsp3) is 0.917. The van der Waals surface area contributed by atoms with Crippen LogP contribution in [0.2, 0.25) is 0 Å². The zero-order chi connectivity index (χ0) is 11.4. The molecule has 0 aliphatic heterocycles. The van der Waals surface area contributed by atoms with Crippen LogP contribution in [0, 0.1) is 11.8 Å². The van der Waals surface area contributed by atoms with Gasteiger partial charge in [-0.3, -0.25) is 4.79 Å². The first-order valence-corrected chi connectivity index (χ1v) is 6.10. The first kappa shape index (κ1) is 15.7. The highest BCUT2D eigenvalue weighted by molar-refractivity contribution is 5.85. The maximum Gasteiger partial charge on any atom is 0.223 e. The average molecular weight is 249 g/mol. The molecule has 4 atom stereocenters. The summed E-state index contributed by atoms with van der Waals surface area (Å²) in [6.07, 6.45) is 3.92. The van der Waals surface area contributed by atoms with E-state index in [2.05, 4.69) is 26.1 Å². The predicted octanol–water partition coefficient (Wildman–Crippen LogP) is 2.09. The molecule has 3 N–H and O–H groups in total. The summed E-state index contributed by atoms with van der Waals surface area (Å²) in [5.41, 5.74) is 5.80. The van der Waals surface area contributed by atoms with Crippen molar-refractivity contribution in [3.05, 3.63) is 0 Å². The summed E-state index contributed by atoms with van der Waals surface area (Å²) in [5.74, 6) is 0.909. The molecule has 0 heterocycles. The minimum Gasteiger partial charge on any atom is -0.353 e. The molecule has 0 aromatic carbocycles. The Labute approximate surface area is 105 Å². The fourth-order valence-corrected chi connectivity index (χ4v) is 2.09. The lowest BCUT2D eigenvalue weighted by atomic mass is 9.99. The quantitative estimate of drug-likeness (QED) is 0.801. The number of halogens is 1. The summed E-state index contributed by atoms with van der Waals surface area (Å²) in [7, 11) is 0. The summed E-state index contributed by atoms with van der Waals surface area (Å²) in [6.45, 7) is 6.41. The maximum absolute atomic E-state index is 11.9. The van der Waals surface area contributed by atoms with E-state index in [-0.39, 0.29) is 36.3 Å². The molecule has 1 rings (SSSR count). The number of hydrogen-bond donors (Lipinski definition) is 2. The first-order valence-electron chi connectivity index (χ1n) is 6.10. The molecule has 3 nitrogen and oxygen atoms in total. The standard InChI is InChI=1S/C12H24N2O.ClH/c1-4-8(2)9(3)14-12(15)10-5-6-11(13)7-10;/h8-11H,4-7,13H2,1-3H3,(H,14,15);1H. The Kier molecular flexibility index (Phi) is 7.00. The zero-order valence-corrected chi connectivity index (χ0v) is 11.3. The molecule has 16 heavy (non-hydrogen) atoms. The van der Waals surface area contributed by atoms with Gasteiger partial charge in [0.2, 0.25) is 5.91 Å². The van der Waals surface area contributed by atoms with Gasteiger partial charge in [-0.2, -0.15) is 0 Å². The van der Waals surface area contributed by atoms with Gasteiger partial charge in [0.05, 0.1) is 0 Å². The van der Waals surface area contributed by atoms with Crippen molar-refractivity contribution in [2.24, 2.45) is 17.6 Å². The zero-order valence-electron chi connectivity index (χ0n) is 10.5. The molecule has 1 aliphatic carbocycles. The van der Waals surface area contributed by atoms with Gasteiger partial charge in [0.15, 0.2) is 0 Å². The second kappa shape index (κ2) is 7.13. The molecule has 1 fully saturated rings. The number of nitrogens with two attached hydrogens (primary N) is 1. The van der Waals surface area contributed by atoms with Gasteiger partial charge in [-0.05, 0) is 32.1 Å². The topological polar surface area (TPSA) is 55.1 Å². The van der Waals surface area contributed by atoms with Crippen LogP contribution in [0.4, 0.5) is 0 Å². The van der Waals surface area contributed by atoms with Crippen LogP contribution in [-0.4, -0.2) is 18.0 Å². The molecule has 1 aliphatic rings. The van der Waals surface area contributed by atoms with Gasteiger partial charge in [0.25, 0.3) is 0 Å². The van der Waals surface area contributed by atoms with Crippen molar-refractivity contribution in [3.63, 3.8) is 0 Å². The number of nitrogens with one attached hydrogen (secondary N) is 1. The molecule has 0 bridgehead atoms. The molecular weight excluding hydrogens is 224 g/mol. The third-order valence-corrected chi connectivity index (χ3v) is 3.71. The lowest BCUT2D eigenvalue weighted by molar-refractivity contribution is -0.125. The predicted molar refractivity (Wildman–Crippen MR) is 69.6 cm³/mol. The van der Waals surface area contributed by atoms with E-state index in [1.807, 2.05) is 0 Å². The Hall–Kier alpha value is -0.280. The minimum atomic E-state index is 0. The van der Waals surface area contributed by atoms with Crippen molar-refractivity contribution in [2.75, 3.05) is 0 Å². The highest BCUT2D eigenvalue weighted by Gasteiger charge is 2.28. The van der Waals surface area contributed by atoms with Crippen LogP contribution in [0.3, 0.4) is 0 Å². The molecule has 1 saturated carbocycles. The van der Waals surface area contributed by atoms with Crippen LogP contribution < -0.4 is 11.1 Å². The molecule has 96 valence electrons. The minimum absolute atomic E-state index is 0. The average Bonchev–Trinajstić information content (AvgIpc) is 2.63. The lowest BCUT2D eigenvalue weighted by Crippen LogP contribution is -2.40. The highest BCUT2D eigenvalue weighted by Crippen LogP contribution is 2.24. The van der Waals surface area contributed by atoms with Crippen molar-refractivity contribution in [3.8, 4) is 0 Å². The smallest absolute Gasteiger partial charge is 0.223 e. The van der Waals surface area contributed by atoms with Gasteiger partial charge in [-0.15, -0.1) is 12.4 Å². The summed E-state index contributed by atoms with van der Waals surface area (Å²) < 4.78 is 0. The Bertz CT molecular complexity index is 223. The second-order valence-corrected chi connectivity index (χ2v) is 4.95. The summed E-state index contributed by atoms with van der Waals surface area (Å²) >= 11 is 0. The van der Waals surface area contributed by atoms with Gasteiger partial charge in [-0.25, -0.2) is 0 Å². The van der Waals surface area contributed by atoms with Crippen LogP contribution in [-0.2, 0) is 4.79 Å². The summed E-state index contributed by atoms with van der Waals surface area (Å²) in [5, 5.41) is 3.10. The van der Waals surface area contributed by atoms with Crippen molar-refractivity contribution in [1.29, 1.82) is 0 Å². The van der Waals surface area contributed by atoms with Crippen molar-refractivity contribution in [1.82, 2.24) is 5.32 Å². The van der Waals surface area contributed by atoms with Gasteiger partial charge in [0.1, 0.15) is 0 Å². The molecule has 1 amide bonds. The highest BCUT2D eigenvalue weighted by atomic mass is 35.5. The van der Waals surface area contributed by atoms with Crippen LogP contribution >= 0.6 is 12.4 Å². The number of amides is 1. The Morgan fingerprint density at radius 1 is 1.44 bits per heavy atom. The molecule has 0 radical (unpaired) electrons. The SMILES string of the molecule is CCC(C)C(C)NC(=O)C1CCC(N)C1.Cl. The third-order valence-electron chi connectivity index (χ3n) is 3.71. The van der Waals surface area contributed by atoms with Gasteiger partial charge in [0, 0.05) is 18.0 Å². The molecule has 4 heteroatoms. The molecule has 0 saturated heterocycles. The van der Waals surface area contributed by atoms with Gasteiger partial charge in [-0.1, -0.05) is 20.3 Å². The van der Waals surface area contributed by atoms with E-state index in [1.165, 1.54) is 0 Å². The van der Waals surface area contributed by atoms with Crippen LogP contribution in [0.15, 0.2) is 0 Å². The molecule has 0 spiro atoms. The Morgan fingerprint density at radius 3 is 2.50 bits per heavy atom. The molecule has 0 aromatic heterocycles. The van der Waals surface area contributed by atoms with E-state index in [0.717, 1.165) is 25.7 Å². The van der Waals surface area contributed by atoms with E-state index in [4.69, 9.17) is 5.73 Å². The van der Waals surface area contributed by atoms with Gasteiger partial charge < -0.3 is 11.1 Å². The molecule has 4 unspecified atom stereocenters. The Morgan fingerprint density at radius 2 is 2.06 bits per heavy atom. The van der Waals surface area contributed by atoms with E-state index in [9.17, 15) is 4.79 Å². The van der Waals surface area contributed by atoms with Crippen LogP contribution in [0.1, 0.15) is 46.5 Å². The number of carbonyl (C=O) groups is 1. The molecular formula is C12H25ClN2O.